The van der Waals surface area contributed by atoms with Gasteiger partial charge in [0.25, 0.3) is 0 Å². The average Bonchev–Trinajstić information content (AvgIpc) is 2.32. The number of hydrogen-bond donors (Lipinski definition) is 1. The molecule has 0 amide bonds. The Labute approximate surface area is 96.8 Å². The monoisotopic (exact) mass is 219 g/mol. The van der Waals surface area contributed by atoms with Crippen molar-refractivity contribution >= 4 is 11.8 Å². The van der Waals surface area contributed by atoms with Gasteiger partial charge < -0.3 is 5.11 Å². The van der Waals surface area contributed by atoms with Crippen molar-refractivity contribution in [3.05, 3.63) is 36.2 Å². The quantitative estimate of drug-likeness (QED) is 0.590. The van der Waals surface area contributed by atoms with Crippen LogP contribution in [0.25, 0.3) is 5.57 Å². The van der Waals surface area contributed by atoms with Crippen LogP contribution in [-0.2, 0) is 6.54 Å². The Morgan fingerprint density at radius 2 is 2.12 bits per heavy atom. The van der Waals surface area contributed by atoms with Crippen LogP contribution < -0.4 is 4.57 Å². The number of aliphatic imine (C=N–C) groups is 1. The van der Waals surface area contributed by atoms with Crippen molar-refractivity contribution in [1.82, 2.24) is 0 Å². The Bertz CT molecular complexity index is 366. The number of aromatic nitrogens is 1. The summed E-state index contributed by atoms with van der Waals surface area (Å²) in [5.41, 5.74) is 2.47. The van der Waals surface area contributed by atoms with Crippen molar-refractivity contribution in [2.45, 2.75) is 19.9 Å². The lowest BCUT2D eigenvalue weighted by atomic mass is 10.1. The van der Waals surface area contributed by atoms with Crippen LogP contribution in [0.1, 0.15) is 18.9 Å². The van der Waals surface area contributed by atoms with Crippen LogP contribution in [0.4, 0.5) is 0 Å². The molecule has 3 nitrogen and oxygen atoms in total. The van der Waals surface area contributed by atoms with Gasteiger partial charge in [0.2, 0.25) is 0 Å². The van der Waals surface area contributed by atoms with Crippen molar-refractivity contribution in [3.63, 3.8) is 0 Å². The minimum Gasteiger partial charge on any atom is -0.390 e. The Balaban J connectivity index is 2.86. The molecule has 0 aliphatic heterocycles. The summed E-state index contributed by atoms with van der Waals surface area (Å²) in [5.74, 6) is 0. The Hall–Kier alpha value is -1.48. The normalized spacial score (nSPS) is 12.3. The van der Waals surface area contributed by atoms with E-state index in [2.05, 4.69) is 24.0 Å². The van der Waals surface area contributed by atoms with Crippen LogP contribution in [0.5, 0.6) is 0 Å². The highest BCUT2D eigenvalue weighted by Gasteiger charge is 2.02. The van der Waals surface area contributed by atoms with E-state index in [0.29, 0.717) is 6.54 Å². The minimum atomic E-state index is 0.170. The molecular formula is C13H19N2O+. The van der Waals surface area contributed by atoms with E-state index in [1.807, 2.05) is 29.3 Å². The standard InChI is InChI=1S/C13H19N2O/c1-3-12(4-7-14-2)13-5-8-15(9-6-13)10-11-16/h4-9,16H,3,10-11H2,1-2H3/q+1/b12-4+,14-7?. The first-order valence-corrected chi connectivity index (χ1v) is 5.53. The summed E-state index contributed by atoms with van der Waals surface area (Å²) in [6, 6.07) is 4.13. The third kappa shape index (κ3) is 3.59. The predicted molar refractivity (Wildman–Crippen MR) is 66.4 cm³/mol. The summed E-state index contributed by atoms with van der Waals surface area (Å²) in [7, 11) is 1.77. The zero-order valence-electron chi connectivity index (χ0n) is 9.93. The van der Waals surface area contributed by atoms with Gasteiger partial charge >= 0.3 is 0 Å². The van der Waals surface area contributed by atoms with Gasteiger partial charge in [-0.25, -0.2) is 4.57 Å². The molecule has 0 bridgehead atoms. The average molecular weight is 219 g/mol. The largest absolute Gasteiger partial charge is 0.390 e. The third-order valence-electron chi connectivity index (χ3n) is 2.43. The summed E-state index contributed by atoms with van der Waals surface area (Å²) in [5, 5.41) is 8.81. The SMILES string of the molecule is CC/C(=C\C=NC)c1cc[n+](CCO)cc1. The molecule has 86 valence electrons. The van der Waals surface area contributed by atoms with E-state index in [4.69, 9.17) is 5.11 Å². The van der Waals surface area contributed by atoms with Gasteiger partial charge in [0.05, 0.1) is 0 Å². The molecule has 3 heteroatoms. The molecule has 1 heterocycles. The maximum atomic E-state index is 8.81. The molecule has 0 fully saturated rings. The Morgan fingerprint density at radius 3 is 2.62 bits per heavy atom. The number of aliphatic hydroxyl groups is 1. The van der Waals surface area contributed by atoms with Gasteiger partial charge in [-0.1, -0.05) is 6.92 Å². The van der Waals surface area contributed by atoms with Gasteiger partial charge in [0, 0.05) is 25.4 Å². The molecule has 0 aliphatic carbocycles. The maximum absolute atomic E-state index is 8.81. The molecule has 1 rings (SSSR count). The van der Waals surface area contributed by atoms with Crippen molar-refractivity contribution in [2.24, 2.45) is 4.99 Å². The van der Waals surface area contributed by atoms with E-state index in [1.165, 1.54) is 11.1 Å². The van der Waals surface area contributed by atoms with Gasteiger partial charge in [-0.05, 0) is 23.6 Å². The van der Waals surface area contributed by atoms with Gasteiger partial charge in [-0.15, -0.1) is 0 Å². The van der Waals surface area contributed by atoms with Gasteiger partial charge in [0.1, 0.15) is 6.61 Å². The Kier molecular flexibility index (Phi) is 5.43. The predicted octanol–water partition coefficient (Wildman–Crippen LogP) is 1.46. The zero-order chi connectivity index (χ0) is 11.8. The minimum absolute atomic E-state index is 0.170. The maximum Gasteiger partial charge on any atom is 0.171 e. The number of rotatable bonds is 5. The fraction of sp³-hybridized carbons (Fsp3) is 0.385. The molecule has 0 aliphatic rings. The van der Waals surface area contributed by atoms with Crippen LogP contribution in [0.3, 0.4) is 0 Å². The van der Waals surface area contributed by atoms with E-state index in [0.717, 1.165) is 6.42 Å². The van der Waals surface area contributed by atoms with Crippen molar-refractivity contribution in [3.8, 4) is 0 Å². The third-order valence-corrected chi connectivity index (χ3v) is 2.43. The molecule has 1 aromatic rings. The first kappa shape index (κ1) is 12.6. The summed E-state index contributed by atoms with van der Waals surface area (Å²) in [4.78, 5) is 3.96. The van der Waals surface area contributed by atoms with Gasteiger partial charge in [-0.2, -0.15) is 0 Å². The highest BCUT2D eigenvalue weighted by Crippen LogP contribution is 2.15. The van der Waals surface area contributed by atoms with E-state index in [1.54, 1.807) is 7.05 Å². The highest BCUT2D eigenvalue weighted by atomic mass is 16.3. The molecule has 0 unspecified atom stereocenters. The first-order valence-electron chi connectivity index (χ1n) is 5.53. The number of allylic oxidation sites excluding steroid dienone is 2. The zero-order valence-corrected chi connectivity index (χ0v) is 9.93. The number of aliphatic hydroxyl groups excluding tert-OH is 1. The number of hydrogen-bond acceptors (Lipinski definition) is 2. The van der Waals surface area contributed by atoms with Crippen molar-refractivity contribution < 1.29 is 9.67 Å². The summed E-state index contributed by atoms with van der Waals surface area (Å²) in [6.07, 6.45) is 8.80. The van der Waals surface area contributed by atoms with Crippen LogP contribution in [0.15, 0.2) is 35.6 Å². The first-order chi connectivity index (χ1) is 7.81. The fourth-order valence-corrected chi connectivity index (χ4v) is 1.52. The van der Waals surface area contributed by atoms with E-state index >= 15 is 0 Å². The van der Waals surface area contributed by atoms with E-state index in [9.17, 15) is 0 Å². The topological polar surface area (TPSA) is 36.5 Å². The van der Waals surface area contributed by atoms with Crippen LogP contribution in [-0.4, -0.2) is 25.0 Å². The smallest absolute Gasteiger partial charge is 0.171 e. The highest BCUT2D eigenvalue weighted by molar-refractivity contribution is 5.84. The summed E-state index contributed by atoms with van der Waals surface area (Å²) in [6.45, 7) is 2.94. The molecule has 0 radical (unpaired) electrons. The molecule has 0 spiro atoms. The van der Waals surface area contributed by atoms with Gasteiger partial charge in [-0.3, -0.25) is 4.99 Å². The van der Waals surface area contributed by atoms with Crippen LogP contribution in [0.2, 0.25) is 0 Å². The Morgan fingerprint density at radius 1 is 1.44 bits per heavy atom. The summed E-state index contributed by atoms with van der Waals surface area (Å²) < 4.78 is 1.96. The molecule has 0 saturated heterocycles. The summed E-state index contributed by atoms with van der Waals surface area (Å²) >= 11 is 0. The second kappa shape index (κ2) is 6.90. The molecule has 0 atom stereocenters. The van der Waals surface area contributed by atoms with Crippen molar-refractivity contribution in [2.75, 3.05) is 13.7 Å². The van der Waals surface area contributed by atoms with E-state index < -0.39 is 0 Å². The lowest BCUT2D eigenvalue weighted by molar-refractivity contribution is -0.698. The van der Waals surface area contributed by atoms with Crippen LogP contribution >= 0.6 is 0 Å². The molecule has 1 aromatic heterocycles. The van der Waals surface area contributed by atoms with E-state index in [-0.39, 0.29) is 6.61 Å². The molecule has 16 heavy (non-hydrogen) atoms. The molecule has 0 saturated carbocycles. The van der Waals surface area contributed by atoms with Crippen LogP contribution in [0, 0.1) is 0 Å². The second-order valence-corrected chi connectivity index (χ2v) is 3.50. The molecule has 0 aromatic carbocycles. The molecular weight excluding hydrogens is 200 g/mol. The lowest BCUT2D eigenvalue weighted by Crippen LogP contribution is -2.34. The lowest BCUT2D eigenvalue weighted by Gasteiger charge is -2.02. The fourth-order valence-electron chi connectivity index (χ4n) is 1.52. The number of pyridine rings is 1. The van der Waals surface area contributed by atoms with Crippen molar-refractivity contribution in [1.29, 1.82) is 0 Å². The number of nitrogens with zero attached hydrogens (tertiary/aromatic N) is 2. The van der Waals surface area contributed by atoms with Gasteiger partial charge in [0.15, 0.2) is 18.9 Å². The second-order valence-electron chi connectivity index (χ2n) is 3.50. The molecule has 1 N–H and O–H groups in total.